The van der Waals surface area contributed by atoms with Crippen molar-refractivity contribution in [2.45, 2.75) is 26.4 Å². The summed E-state index contributed by atoms with van der Waals surface area (Å²) in [5.41, 5.74) is 4.69. The standard InChI is InChI=1S/C18H18N6S/c1-12-16(23-24(22-12)13-5-3-2-4-6-13)10-21-18-15(9-19)14-7-8-20-11-17(14)25-18/h2-6,20-21H,7-8,10-11H2,1H3. The van der Waals surface area contributed by atoms with Gasteiger partial charge in [0.15, 0.2) is 0 Å². The third-order valence-corrected chi connectivity index (χ3v) is 5.51. The number of rotatable bonds is 4. The molecule has 0 radical (unpaired) electrons. The van der Waals surface area contributed by atoms with Gasteiger partial charge < -0.3 is 10.6 Å². The number of anilines is 1. The molecule has 3 heterocycles. The molecule has 0 unspecified atom stereocenters. The lowest BCUT2D eigenvalue weighted by Crippen LogP contribution is -2.22. The second kappa shape index (κ2) is 6.67. The Hall–Kier alpha value is -2.69. The second-order valence-electron chi connectivity index (χ2n) is 5.96. The van der Waals surface area contributed by atoms with E-state index in [0.29, 0.717) is 6.54 Å². The zero-order valence-corrected chi connectivity index (χ0v) is 14.7. The van der Waals surface area contributed by atoms with Gasteiger partial charge in [0.05, 0.1) is 23.5 Å². The molecule has 0 aliphatic carbocycles. The number of thiophene rings is 1. The van der Waals surface area contributed by atoms with E-state index in [-0.39, 0.29) is 0 Å². The van der Waals surface area contributed by atoms with Crippen LogP contribution in [0.2, 0.25) is 0 Å². The molecule has 0 atom stereocenters. The predicted molar refractivity (Wildman–Crippen MR) is 97.9 cm³/mol. The highest BCUT2D eigenvalue weighted by molar-refractivity contribution is 7.16. The molecule has 1 aliphatic rings. The number of aromatic nitrogens is 3. The van der Waals surface area contributed by atoms with Crippen LogP contribution in [0.5, 0.6) is 0 Å². The van der Waals surface area contributed by atoms with Gasteiger partial charge >= 0.3 is 0 Å². The largest absolute Gasteiger partial charge is 0.370 e. The summed E-state index contributed by atoms with van der Waals surface area (Å²) in [5, 5.41) is 26.3. The lowest BCUT2D eigenvalue weighted by atomic mass is 10.1. The van der Waals surface area contributed by atoms with Gasteiger partial charge in [-0.2, -0.15) is 20.3 Å². The van der Waals surface area contributed by atoms with Gasteiger partial charge in [0, 0.05) is 11.4 Å². The number of hydrogen-bond acceptors (Lipinski definition) is 6. The third-order valence-electron chi connectivity index (χ3n) is 4.32. The Labute approximate surface area is 150 Å². The zero-order valence-electron chi connectivity index (χ0n) is 13.9. The minimum absolute atomic E-state index is 0.556. The second-order valence-corrected chi connectivity index (χ2v) is 7.06. The number of nitrogens with one attached hydrogen (secondary N) is 2. The number of benzene rings is 1. The van der Waals surface area contributed by atoms with Crippen LogP contribution in [-0.4, -0.2) is 21.5 Å². The Morgan fingerprint density at radius 1 is 1.32 bits per heavy atom. The van der Waals surface area contributed by atoms with Gasteiger partial charge in [-0.05, 0) is 37.6 Å². The van der Waals surface area contributed by atoms with Crippen molar-refractivity contribution >= 4 is 16.3 Å². The summed E-state index contributed by atoms with van der Waals surface area (Å²) < 4.78 is 0. The summed E-state index contributed by atoms with van der Waals surface area (Å²) in [4.78, 5) is 2.91. The molecule has 0 amide bonds. The number of fused-ring (bicyclic) bond motifs is 1. The maximum Gasteiger partial charge on any atom is 0.107 e. The van der Waals surface area contributed by atoms with Crippen molar-refractivity contribution in [3.8, 4) is 11.8 Å². The predicted octanol–water partition coefficient (Wildman–Crippen LogP) is 2.77. The first-order valence-corrected chi connectivity index (χ1v) is 9.05. The molecule has 0 fully saturated rings. The zero-order chi connectivity index (χ0) is 17.2. The Bertz CT molecular complexity index is 935. The molecule has 0 bridgehead atoms. The molecule has 25 heavy (non-hydrogen) atoms. The van der Waals surface area contributed by atoms with E-state index in [4.69, 9.17) is 0 Å². The normalized spacial score (nSPS) is 13.3. The summed E-state index contributed by atoms with van der Waals surface area (Å²) in [6, 6.07) is 12.2. The molecular formula is C18H18N6S. The quantitative estimate of drug-likeness (QED) is 0.756. The van der Waals surface area contributed by atoms with Crippen molar-refractivity contribution in [1.29, 1.82) is 5.26 Å². The molecule has 4 rings (SSSR count). The Balaban J connectivity index is 1.56. The van der Waals surface area contributed by atoms with Crippen LogP contribution in [0.1, 0.15) is 27.4 Å². The highest BCUT2D eigenvalue weighted by atomic mass is 32.1. The first kappa shape index (κ1) is 15.8. The molecule has 7 heteroatoms. The summed E-state index contributed by atoms with van der Waals surface area (Å²) in [6.07, 6.45) is 0.916. The number of aryl methyl sites for hydroxylation is 1. The van der Waals surface area contributed by atoms with E-state index in [1.807, 2.05) is 37.3 Å². The fourth-order valence-electron chi connectivity index (χ4n) is 2.99. The Kier molecular flexibility index (Phi) is 4.22. The van der Waals surface area contributed by atoms with E-state index in [2.05, 4.69) is 26.9 Å². The first-order valence-electron chi connectivity index (χ1n) is 8.23. The molecule has 0 spiro atoms. The van der Waals surface area contributed by atoms with Crippen molar-refractivity contribution in [3.05, 3.63) is 57.7 Å². The molecule has 2 N–H and O–H groups in total. The van der Waals surface area contributed by atoms with Crippen molar-refractivity contribution in [2.75, 3.05) is 11.9 Å². The fourth-order valence-corrected chi connectivity index (χ4v) is 4.15. The summed E-state index contributed by atoms with van der Waals surface area (Å²) in [5.74, 6) is 0. The average Bonchev–Trinajstić information content (AvgIpc) is 3.20. The highest BCUT2D eigenvalue weighted by Crippen LogP contribution is 2.35. The van der Waals surface area contributed by atoms with Crippen LogP contribution in [0.25, 0.3) is 5.69 Å². The number of hydrogen-bond donors (Lipinski definition) is 2. The number of nitriles is 1. The van der Waals surface area contributed by atoms with Gasteiger partial charge in [0.1, 0.15) is 16.8 Å². The molecule has 1 aromatic carbocycles. The molecule has 1 aliphatic heterocycles. The maximum absolute atomic E-state index is 9.53. The molecule has 2 aromatic heterocycles. The molecule has 6 nitrogen and oxygen atoms in total. The third kappa shape index (κ3) is 3.02. The van der Waals surface area contributed by atoms with Gasteiger partial charge in [-0.1, -0.05) is 18.2 Å². The van der Waals surface area contributed by atoms with E-state index in [1.54, 1.807) is 16.1 Å². The molecular weight excluding hydrogens is 332 g/mol. The van der Waals surface area contributed by atoms with Crippen molar-refractivity contribution in [3.63, 3.8) is 0 Å². The smallest absolute Gasteiger partial charge is 0.107 e. The van der Waals surface area contributed by atoms with E-state index in [0.717, 1.165) is 47.2 Å². The summed E-state index contributed by atoms with van der Waals surface area (Å²) >= 11 is 1.66. The minimum atomic E-state index is 0.556. The van der Waals surface area contributed by atoms with E-state index in [9.17, 15) is 5.26 Å². The molecule has 126 valence electrons. The average molecular weight is 350 g/mol. The van der Waals surface area contributed by atoms with Gasteiger partial charge in [-0.3, -0.25) is 0 Å². The fraction of sp³-hybridized carbons (Fsp3) is 0.278. The molecule has 0 saturated heterocycles. The first-order chi connectivity index (χ1) is 12.3. The molecule has 3 aromatic rings. The Morgan fingerprint density at radius 2 is 2.16 bits per heavy atom. The topological polar surface area (TPSA) is 78.6 Å². The SMILES string of the molecule is Cc1nn(-c2ccccc2)nc1CNc1sc2c(c1C#N)CCNC2. The monoisotopic (exact) mass is 350 g/mol. The van der Waals surface area contributed by atoms with Crippen LogP contribution in [0.15, 0.2) is 30.3 Å². The maximum atomic E-state index is 9.53. The van der Waals surface area contributed by atoms with Crippen LogP contribution in [0.4, 0.5) is 5.00 Å². The number of para-hydroxylation sites is 1. The van der Waals surface area contributed by atoms with Crippen LogP contribution in [-0.2, 0) is 19.5 Å². The van der Waals surface area contributed by atoms with Crippen LogP contribution < -0.4 is 10.6 Å². The van der Waals surface area contributed by atoms with E-state index in [1.165, 1.54) is 10.4 Å². The highest BCUT2D eigenvalue weighted by Gasteiger charge is 2.20. The number of nitrogens with zero attached hydrogens (tertiary/aromatic N) is 4. The van der Waals surface area contributed by atoms with Crippen LogP contribution in [0, 0.1) is 18.3 Å². The Morgan fingerprint density at radius 3 is 2.96 bits per heavy atom. The summed E-state index contributed by atoms with van der Waals surface area (Å²) in [7, 11) is 0. The minimum Gasteiger partial charge on any atom is -0.370 e. The van der Waals surface area contributed by atoms with Gasteiger partial charge in [-0.15, -0.1) is 11.3 Å². The van der Waals surface area contributed by atoms with E-state index < -0.39 is 0 Å². The summed E-state index contributed by atoms with van der Waals surface area (Å²) in [6.45, 7) is 4.29. The van der Waals surface area contributed by atoms with E-state index >= 15 is 0 Å². The van der Waals surface area contributed by atoms with Crippen LogP contribution in [0.3, 0.4) is 0 Å². The molecule has 0 saturated carbocycles. The van der Waals surface area contributed by atoms with Crippen molar-refractivity contribution in [2.24, 2.45) is 0 Å². The van der Waals surface area contributed by atoms with Gasteiger partial charge in [-0.25, -0.2) is 0 Å². The van der Waals surface area contributed by atoms with Crippen molar-refractivity contribution < 1.29 is 0 Å². The van der Waals surface area contributed by atoms with Crippen LogP contribution >= 0.6 is 11.3 Å². The van der Waals surface area contributed by atoms with Gasteiger partial charge in [0.2, 0.25) is 0 Å². The van der Waals surface area contributed by atoms with Gasteiger partial charge in [0.25, 0.3) is 0 Å². The lowest BCUT2D eigenvalue weighted by Gasteiger charge is -2.11. The lowest BCUT2D eigenvalue weighted by molar-refractivity contribution is 0.654. The van der Waals surface area contributed by atoms with Crippen molar-refractivity contribution in [1.82, 2.24) is 20.3 Å².